The second-order valence-corrected chi connectivity index (χ2v) is 4.91. The molecule has 0 atom stereocenters. The molecule has 1 rings (SSSR count). The van der Waals surface area contributed by atoms with Gasteiger partial charge in [0, 0.05) is 6.07 Å². The monoisotopic (exact) mass is 284 g/mol. The zero-order valence-corrected chi connectivity index (χ0v) is 11.7. The molecule has 1 aromatic heterocycles. The number of pyridine rings is 1. The molecule has 0 aliphatic rings. The smallest absolute Gasteiger partial charge is 0.356 e. The highest BCUT2D eigenvalue weighted by Crippen LogP contribution is 2.28. The van der Waals surface area contributed by atoms with E-state index in [4.69, 9.17) is 0 Å². The van der Waals surface area contributed by atoms with E-state index in [1.54, 1.807) is 0 Å². The van der Waals surface area contributed by atoms with Crippen LogP contribution in [-0.4, -0.2) is 28.7 Å². The van der Waals surface area contributed by atoms with Crippen LogP contribution < -0.4 is 0 Å². The Labute approximate surface area is 115 Å². The van der Waals surface area contributed by atoms with E-state index in [0.29, 0.717) is 0 Å². The molecule has 104 valence electrons. The lowest BCUT2D eigenvalue weighted by molar-refractivity contribution is -0.388. The van der Waals surface area contributed by atoms with Gasteiger partial charge in [-0.2, -0.15) is 0 Å². The first-order valence-electron chi connectivity index (χ1n) is 5.96. The zero-order valence-electron chi connectivity index (χ0n) is 10.9. The molecule has 0 bridgehead atoms. The van der Waals surface area contributed by atoms with E-state index in [2.05, 4.69) is 16.6 Å². The van der Waals surface area contributed by atoms with Crippen LogP contribution in [0.25, 0.3) is 0 Å². The summed E-state index contributed by atoms with van der Waals surface area (Å²) in [6, 6.07) is 2.60. The van der Waals surface area contributed by atoms with Gasteiger partial charge in [-0.3, -0.25) is 10.1 Å². The molecular formula is C12H16N2O4S. The van der Waals surface area contributed by atoms with Gasteiger partial charge in [0.1, 0.15) is 5.69 Å². The van der Waals surface area contributed by atoms with Crippen molar-refractivity contribution in [1.29, 1.82) is 0 Å². The lowest BCUT2D eigenvalue weighted by Gasteiger charge is -2.04. The molecule has 0 saturated heterocycles. The van der Waals surface area contributed by atoms with Crippen LogP contribution in [0.5, 0.6) is 0 Å². The van der Waals surface area contributed by atoms with E-state index in [9.17, 15) is 14.9 Å². The zero-order chi connectivity index (χ0) is 14.3. The average Bonchev–Trinajstić information content (AvgIpc) is 2.42. The number of nitrogens with zero attached hydrogens (tertiary/aromatic N) is 2. The van der Waals surface area contributed by atoms with Crippen molar-refractivity contribution in [1.82, 2.24) is 4.98 Å². The highest BCUT2D eigenvalue weighted by atomic mass is 32.2. The first-order valence-corrected chi connectivity index (χ1v) is 6.95. The summed E-state index contributed by atoms with van der Waals surface area (Å²) in [5, 5.41) is 11.2. The minimum absolute atomic E-state index is 0.0749. The SMILES string of the molecule is CCCCCSc1nc(C(=O)OC)ccc1[N+](=O)[O-]. The molecule has 0 aliphatic carbocycles. The third-order valence-electron chi connectivity index (χ3n) is 2.42. The van der Waals surface area contributed by atoms with E-state index in [-0.39, 0.29) is 16.4 Å². The maximum atomic E-state index is 11.4. The minimum Gasteiger partial charge on any atom is -0.464 e. The third kappa shape index (κ3) is 4.51. The van der Waals surface area contributed by atoms with Crippen LogP contribution in [0.15, 0.2) is 17.2 Å². The van der Waals surface area contributed by atoms with Gasteiger partial charge < -0.3 is 4.74 Å². The largest absolute Gasteiger partial charge is 0.464 e. The second-order valence-electron chi connectivity index (χ2n) is 3.83. The molecule has 1 aromatic rings. The summed E-state index contributed by atoms with van der Waals surface area (Å²) in [4.78, 5) is 25.8. The fourth-order valence-corrected chi connectivity index (χ4v) is 2.41. The number of nitro groups is 1. The van der Waals surface area contributed by atoms with Crippen LogP contribution in [-0.2, 0) is 4.74 Å². The van der Waals surface area contributed by atoms with Crippen molar-refractivity contribution in [2.24, 2.45) is 0 Å². The van der Waals surface area contributed by atoms with Crippen LogP contribution in [0.1, 0.15) is 36.7 Å². The molecular weight excluding hydrogens is 268 g/mol. The Hall–Kier alpha value is -1.63. The summed E-state index contributed by atoms with van der Waals surface area (Å²) >= 11 is 1.30. The van der Waals surface area contributed by atoms with Crippen LogP contribution in [0, 0.1) is 10.1 Å². The molecule has 0 saturated carbocycles. The van der Waals surface area contributed by atoms with Gasteiger partial charge in [-0.15, -0.1) is 0 Å². The van der Waals surface area contributed by atoms with Gasteiger partial charge in [-0.25, -0.2) is 9.78 Å². The summed E-state index contributed by atoms with van der Waals surface area (Å²) in [5.74, 6) is 0.150. The first kappa shape index (κ1) is 15.4. The highest BCUT2D eigenvalue weighted by Gasteiger charge is 2.19. The maximum absolute atomic E-state index is 11.4. The number of methoxy groups -OCH3 is 1. The molecule has 19 heavy (non-hydrogen) atoms. The normalized spacial score (nSPS) is 10.2. The first-order chi connectivity index (χ1) is 9.10. The van der Waals surface area contributed by atoms with Crippen molar-refractivity contribution in [3.05, 3.63) is 27.9 Å². The highest BCUT2D eigenvalue weighted by molar-refractivity contribution is 7.99. The second kappa shape index (κ2) is 7.73. The number of hydrogen-bond acceptors (Lipinski definition) is 6. The maximum Gasteiger partial charge on any atom is 0.356 e. The minimum atomic E-state index is -0.592. The van der Waals surface area contributed by atoms with Crippen LogP contribution >= 0.6 is 11.8 Å². The van der Waals surface area contributed by atoms with E-state index in [1.165, 1.54) is 31.0 Å². The summed E-state index contributed by atoms with van der Waals surface area (Å²) in [6.45, 7) is 2.09. The quantitative estimate of drug-likeness (QED) is 0.251. The molecule has 0 unspecified atom stereocenters. The topological polar surface area (TPSA) is 82.3 Å². The number of carbonyl (C=O) groups excluding carboxylic acids is 1. The molecule has 0 spiro atoms. The number of carbonyl (C=O) groups is 1. The molecule has 0 fully saturated rings. The molecule has 0 N–H and O–H groups in total. The van der Waals surface area contributed by atoms with Crippen molar-refractivity contribution in [3.8, 4) is 0 Å². The Morgan fingerprint density at radius 3 is 2.79 bits per heavy atom. The Bertz CT molecular complexity index is 465. The van der Waals surface area contributed by atoms with Gasteiger partial charge in [-0.05, 0) is 18.2 Å². The van der Waals surface area contributed by atoms with Crippen LogP contribution in [0.3, 0.4) is 0 Å². The van der Waals surface area contributed by atoms with E-state index in [1.807, 2.05) is 0 Å². The van der Waals surface area contributed by atoms with Gasteiger partial charge in [0.25, 0.3) is 0 Å². The van der Waals surface area contributed by atoms with Gasteiger partial charge in [0.2, 0.25) is 0 Å². The van der Waals surface area contributed by atoms with Crippen molar-refractivity contribution in [2.45, 2.75) is 31.2 Å². The lowest BCUT2D eigenvalue weighted by Crippen LogP contribution is -2.06. The fraction of sp³-hybridized carbons (Fsp3) is 0.500. The van der Waals surface area contributed by atoms with Crippen molar-refractivity contribution in [3.63, 3.8) is 0 Å². The van der Waals surface area contributed by atoms with E-state index >= 15 is 0 Å². The molecule has 1 heterocycles. The van der Waals surface area contributed by atoms with Gasteiger partial charge >= 0.3 is 11.7 Å². The number of unbranched alkanes of at least 4 members (excludes halogenated alkanes) is 2. The number of aromatic nitrogens is 1. The lowest BCUT2D eigenvalue weighted by atomic mass is 10.3. The van der Waals surface area contributed by atoms with Crippen molar-refractivity contribution in [2.75, 3.05) is 12.9 Å². The Kier molecular flexibility index (Phi) is 6.27. The number of esters is 1. The molecule has 0 radical (unpaired) electrons. The van der Waals surface area contributed by atoms with Crippen molar-refractivity contribution < 1.29 is 14.5 Å². The fourth-order valence-electron chi connectivity index (χ4n) is 1.42. The van der Waals surface area contributed by atoms with Crippen molar-refractivity contribution >= 4 is 23.4 Å². The Morgan fingerprint density at radius 2 is 2.21 bits per heavy atom. The number of ether oxygens (including phenoxy) is 1. The van der Waals surface area contributed by atoms with Gasteiger partial charge in [0.05, 0.1) is 12.0 Å². The predicted octanol–water partition coefficient (Wildman–Crippen LogP) is 3.06. The summed E-state index contributed by atoms with van der Waals surface area (Å²) in [6.07, 6.45) is 3.11. The summed E-state index contributed by atoms with van der Waals surface area (Å²) in [7, 11) is 1.25. The van der Waals surface area contributed by atoms with E-state index < -0.39 is 10.9 Å². The number of rotatable bonds is 7. The molecule has 7 heteroatoms. The van der Waals surface area contributed by atoms with Gasteiger partial charge in [-0.1, -0.05) is 31.5 Å². The van der Waals surface area contributed by atoms with E-state index in [0.717, 1.165) is 25.0 Å². The van der Waals surface area contributed by atoms with Crippen LogP contribution in [0.4, 0.5) is 5.69 Å². The third-order valence-corrected chi connectivity index (χ3v) is 3.48. The standard InChI is InChI=1S/C12H16N2O4S/c1-3-4-5-8-19-11-10(14(16)17)7-6-9(13-11)12(15)18-2/h6-7H,3-5,8H2,1-2H3. The average molecular weight is 284 g/mol. The molecule has 0 aliphatic heterocycles. The number of hydrogen-bond donors (Lipinski definition) is 0. The molecule has 6 nitrogen and oxygen atoms in total. The van der Waals surface area contributed by atoms with Gasteiger partial charge in [0.15, 0.2) is 5.03 Å². The summed E-state index contributed by atoms with van der Waals surface area (Å²) in [5.41, 5.74) is 0.0141. The number of thioether (sulfide) groups is 1. The Morgan fingerprint density at radius 1 is 1.47 bits per heavy atom. The Balaban J connectivity index is 2.89. The molecule has 0 aromatic carbocycles. The van der Waals surface area contributed by atoms with Crippen LogP contribution in [0.2, 0.25) is 0 Å². The summed E-state index contributed by atoms with van der Waals surface area (Å²) < 4.78 is 4.55. The predicted molar refractivity (Wildman–Crippen MR) is 72.5 cm³/mol. The molecule has 0 amide bonds.